The highest BCUT2D eigenvalue weighted by atomic mass is 16.4. The van der Waals surface area contributed by atoms with Crippen LogP contribution in [0.15, 0.2) is 24.3 Å². The number of anilines is 1. The molecule has 1 aromatic rings. The number of amides is 1. The highest BCUT2D eigenvalue weighted by Crippen LogP contribution is 2.19. The molecule has 0 aliphatic heterocycles. The van der Waals surface area contributed by atoms with Gasteiger partial charge in [-0.25, -0.2) is 0 Å². The summed E-state index contributed by atoms with van der Waals surface area (Å²) in [6.45, 7) is 3.98. The Morgan fingerprint density at radius 1 is 1.21 bits per heavy atom. The number of benzene rings is 1. The Bertz CT molecular complexity index is 439. The highest BCUT2D eigenvalue weighted by Gasteiger charge is 2.15. The Morgan fingerprint density at radius 2 is 1.84 bits per heavy atom. The van der Waals surface area contributed by atoms with E-state index >= 15 is 0 Å². The van der Waals surface area contributed by atoms with Crippen molar-refractivity contribution < 1.29 is 14.7 Å². The van der Waals surface area contributed by atoms with Crippen LogP contribution in [-0.2, 0) is 16.0 Å². The first-order valence-corrected chi connectivity index (χ1v) is 6.69. The lowest BCUT2D eigenvalue weighted by atomic mass is 10.0. The molecule has 0 fully saturated rings. The molecular formula is C15H21NO3. The highest BCUT2D eigenvalue weighted by molar-refractivity contribution is 5.93. The van der Waals surface area contributed by atoms with Crippen molar-refractivity contribution in [2.45, 2.75) is 39.5 Å². The number of rotatable bonds is 7. The number of aryl methyl sites for hydroxylation is 1. The number of carbonyl (C=O) groups excluding carboxylic acids is 1. The molecule has 2 N–H and O–H groups in total. The van der Waals surface area contributed by atoms with Crippen molar-refractivity contribution in [2.24, 2.45) is 5.92 Å². The monoisotopic (exact) mass is 263 g/mol. The van der Waals surface area contributed by atoms with Gasteiger partial charge >= 0.3 is 5.97 Å². The number of hydrogen-bond donors (Lipinski definition) is 2. The molecule has 4 nitrogen and oxygen atoms in total. The van der Waals surface area contributed by atoms with Crippen LogP contribution in [0, 0.1) is 5.92 Å². The van der Waals surface area contributed by atoms with E-state index in [2.05, 4.69) is 5.32 Å². The lowest BCUT2D eigenvalue weighted by Crippen LogP contribution is -2.22. The Hall–Kier alpha value is -1.84. The van der Waals surface area contributed by atoms with Crippen molar-refractivity contribution in [3.8, 4) is 0 Å². The van der Waals surface area contributed by atoms with Gasteiger partial charge in [0.05, 0.1) is 0 Å². The summed E-state index contributed by atoms with van der Waals surface area (Å²) >= 11 is 0. The van der Waals surface area contributed by atoms with Crippen molar-refractivity contribution in [3.63, 3.8) is 0 Å². The zero-order valence-corrected chi connectivity index (χ0v) is 11.5. The molecule has 0 saturated carbocycles. The Kier molecular flexibility index (Phi) is 6.06. The average Bonchev–Trinajstić information content (AvgIpc) is 2.39. The van der Waals surface area contributed by atoms with Gasteiger partial charge in [0.1, 0.15) is 0 Å². The zero-order valence-electron chi connectivity index (χ0n) is 11.5. The fourth-order valence-corrected chi connectivity index (χ4v) is 2.00. The van der Waals surface area contributed by atoms with E-state index in [1.165, 1.54) is 0 Å². The smallest absolute Gasteiger partial charge is 0.303 e. The Labute approximate surface area is 113 Å². The van der Waals surface area contributed by atoms with Gasteiger partial charge in [0, 0.05) is 18.0 Å². The van der Waals surface area contributed by atoms with E-state index in [1.807, 2.05) is 38.1 Å². The normalized spacial score (nSPS) is 10.5. The van der Waals surface area contributed by atoms with Crippen LogP contribution < -0.4 is 5.32 Å². The summed E-state index contributed by atoms with van der Waals surface area (Å²) in [5.41, 5.74) is 1.59. The molecule has 0 unspecified atom stereocenters. The number of carboxylic acids is 1. The van der Waals surface area contributed by atoms with Gasteiger partial charge in [-0.1, -0.05) is 32.0 Å². The lowest BCUT2D eigenvalue weighted by Gasteiger charge is -2.15. The number of nitrogens with one attached hydrogen (secondary N) is 1. The molecule has 0 radical (unpaired) electrons. The van der Waals surface area contributed by atoms with Gasteiger partial charge < -0.3 is 10.4 Å². The van der Waals surface area contributed by atoms with E-state index in [4.69, 9.17) is 5.11 Å². The molecule has 0 saturated heterocycles. The largest absolute Gasteiger partial charge is 0.481 e. The summed E-state index contributed by atoms with van der Waals surface area (Å²) in [7, 11) is 0. The molecule has 0 aromatic heterocycles. The van der Waals surface area contributed by atoms with Crippen molar-refractivity contribution in [1.82, 2.24) is 0 Å². The fraction of sp³-hybridized carbons (Fsp3) is 0.467. The van der Waals surface area contributed by atoms with Crippen LogP contribution >= 0.6 is 0 Å². The van der Waals surface area contributed by atoms with Gasteiger partial charge in [-0.3, -0.25) is 9.59 Å². The number of hydrogen-bond acceptors (Lipinski definition) is 2. The van der Waals surface area contributed by atoms with Crippen molar-refractivity contribution in [1.29, 1.82) is 0 Å². The molecule has 0 atom stereocenters. The van der Waals surface area contributed by atoms with Crippen LogP contribution in [-0.4, -0.2) is 17.0 Å². The molecular weight excluding hydrogens is 242 g/mol. The van der Waals surface area contributed by atoms with Gasteiger partial charge in [-0.2, -0.15) is 0 Å². The van der Waals surface area contributed by atoms with Gasteiger partial charge in [-0.05, 0) is 30.9 Å². The van der Waals surface area contributed by atoms with E-state index in [0.29, 0.717) is 6.42 Å². The minimum absolute atomic E-state index is 0.00697. The molecule has 0 heterocycles. The van der Waals surface area contributed by atoms with Gasteiger partial charge in [0.25, 0.3) is 0 Å². The summed E-state index contributed by atoms with van der Waals surface area (Å²) in [6.07, 6.45) is 2.10. The van der Waals surface area contributed by atoms with E-state index < -0.39 is 5.97 Å². The predicted molar refractivity (Wildman–Crippen MR) is 75.1 cm³/mol. The third-order valence-electron chi connectivity index (χ3n) is 3.24. The number of aliphatic carboxylic acids is 1. The van der Waals surface area contributed by atoms with Crippen LogP contribution in [0.2, 0.25) is 0 Å². The molecule has 1 rings (SSSR count). The predicted octanol–water partition coefficient (Wildman–Crippen LogP) is 3.08. The summed E-state index contributed by atoms with van der Waals surface area (Å²) in [5.74, 6) is -0.818. The molecule has 4 heteroatoms. The maximum atomic E-state index is 12.0. The quantitative estimate of drug-likeness (QED) is 0.794. The minimum atomic E-state index is -0.832. The second-order valence-corrected chi connectivity index (χ2v) is 4.55. The lowest BCUT2D eigenvalue weighted by molar-refractivity contribution is -0.137. The fourth-order valence-electron chi connectivity index (χ4n) is 2.00. The number of carbonyl (C=O) groups is 2. The molecule has 1 amide bonds. The third kappa shape index (κ3) is 4.73. The van der Waals surface area contributed by atoms with Crippen molar-refractivity contribution >= 4 is 17.6 Å². The van der Waals surface area contributed by atoms with Crippen LogP contribution in [0.4, 0.5) is 5.69 Å². The van der Waals surface area contributed by atoms with Crippen LogP contribution in [0.3, 0.4) is 0 Å². The van der Waals surface area contributed by atoms with Crippen LogP contribution in [0.25, 0.3) is 0 Å². The first-order chi connectivity index (χ1) is 9.08. The SMILES string of the molecule is CCC(CC)C(=O)Nc1ccccc1CCC(=O)O. The maximum Gasteiger partial charge on any atom is 0.303 e. The van der Waals surface area contributed by atoms with E-state index in [1.54, 1.807) is 0 Å². The minimum Gasteiger partial charge on any atom is -0.481 e. The average molecular weight is 263 g/mol. The zero-order chi connectivity index (χ0) is 14.3. The van der Waals surface area contributed by atoms with E-state index in [-0.39, 0.29) is 18.2 Å². The first kappa shape index (κ1) is 15.2. The van der Waals surface area contributed by atoms with Crippen molar-refractivity contribution in [2.75, 3.05) is 5.32 Å². The Balaban J connectivity index is 2.77. The molecule has 1 aromatic carbocycles. The summed E-state index contributed by atoms with van der Waals surface area (Å²) in [4.78, 5) is 22.7. The first-order valence-electron chi connectivity index (χ1n) is 6.69. The summed E-state index contributed by atoms with van der Waals surface area (Å²) < 4.78 is 0. The summed E-state index contributed by atoms with van der Waals surface area (Å²) in [5, 5.41) is 11.6. The molecule has 0 bridgehead atoms. The molecule has 104 valence electrons. The van der Waals surface area contributed by atoms with Gasteiger partial charge in [-0.15, -0.1) is 0 Å². The summed E-state index contributed by atoms with van der Waals surface area (Å²) in [6, 6.07) is 7.36. The third-order valence-corrected chi connectivity index (χ3v) is 3.24. The number of para-hydroxylation sites is 1. The van der Waals surface area contributed by atoms with Crippen molar-refractivity contribution in [3.05, 3.63) is 29.8 Å². The van der Waals surface area contributed by atoms with E-state index in [9.17, 15) is 9.59 Å². The topological polar surface area (TPSA) is 66.4 Å². The molecule has 0 spiro atoms. The molecule has 0 aliphatic carbocycles. The van der Waals surface area contributed by atoms with Gasteiger partial charge in [0.15, 0.2) is 0 Å². The molecule has 19 heavy (non-hydrogen) atoms. The number of carboxylic acid groups (broad SMARTS) is 1. The van der Waals surface area contributed by atoms with Crippen LogP contribution in [0.5, 0.6) is 0 Å². The Morgan fingerprint density at radius 3 is 2.42 bits per heavy atom. The van der Waals surface area contributed by atoms with Gasteiger partial charge in [0.2, 0.25) is 5.91 Å². The second kappa shape index (κ2) is 7.56. The second-order valence-electron chi connectivity index (χ2n) is 4.55. The van der Waals surface area contributed by atoms with E-state index in [0.717, 1.165) is 24.1 Å². The van der Waals surface area contributed by atoms with Crippen LogP contribution in [0.1, 0.15) is 38.7 Å². The molecule has 0 aliphatic rings. The standard InChI is InChI=1S/C15H21NO3/c1-3-11(4-2)15(19)16-13-8-6-5-7-12(13)9-10-14(17)18/h5-8,11H,3-4,9-10H2,1-2H3,(H,16,19)(H,17,18). The maximum absolute atomic E-state index is 12.0.